The van der Waals surface area contributed by atoms with Gasteiger partial charge in [-0.2, -0.15) is 0 Å². The molecule has 3 aromatic carbocycles. The second-order valence-corrected chi connectivity index (χ2v) is 6.39. The van der Waals surface area contributed by atoms with Crippen molar-refractivity contribution in [2.24, 2.45) is 0 Å². The van der Waals surface area contributed by atoms with Crippen molar-refractivity contribution < 1.29 is 13.9 Å². The number of halogens is 2. The first-order valence-electron chi connectivity index (χ1n) is 8.77. The van der Waals surface area contributed by atoms with Crippen LogP contribution in [0.4, 0.5) is 10.1 Å². The van der Waals surface area contributed by atoms with Crippen molar-refractivity contribution in [3.8, 4) is 11.5 Å². The summed E-state index contributed by atoms with van der Waals surface area (Å²) in [5.74, 6) is 0.948. The van der Waals surface area contributed by atoms with Gasteiger partial charge in [0.2, 0.25) is 0 Å². The maximum Gasteiger partial charge on any atom is 0.161 e. The SMILES string of the molecule is CCOc1cc(CNc2cccc(Cl)c2)ccc1OCc1ccccc1F. The molecule has 0 saturated heterocycles. The lowest BCUT2D eigenvalue weighted by molar-refractivity contribution is 0.265. The molecule has 0 aliphatic carbocycles. The Bertz CT molecular complexity index is 901. The Morgan fingerprint density at radius 3 is 2.56 bits per heavy atom. The van der Waals surface area contributed by atoms with Gasteiger partial charge in [0, 0.05) is 22.8 Å². The van der Waals surface area contributed by atoms with Crippen LogP contribution in [0.3, 0.4) is 0 Å². The summed E-state index contributed by atoms with van der Waals surface area (Å²) in [6.07, 6.45) is 0. The predicted molar refractivity (Wildman–Crippen MR) is 107 cm³/mol. The van der Waals surface area contributed by atoms with E-state index in [1.165, 1.54) is 6.07 Å². The molecule has 1 N–H and O–H groups in total. The molecule has 0 bridgehead atoms. The Balaban J connectivity index is 1.69. The highest BCUT2D eigenvalue weighted by atomic mass is 35.5. The van der Waals surface area contributed by atoms with E-state index in [0.717, 1.165) is 11.3 Å². The normalized spacial score (nSPS) is 10.5. The quantitative estimate of drug-likeness (QED) is 0.510. The molecule has 0 saturated carbocycles. The van der Waals surface area contributed by atoms with Crippen molar-refractivity contribution in [3.63, 3.8) is 0 Å². The number of ether oxygens (including phenoxy) is 2. The van der Waals surface area contributed by atoms with Crippen LogP contribution >= 0.6 is 11.6 Å². The minimum Gasteiger partial charge on any atom is -0.490 e. The smallest absolute Gasteiger partial charge is 0.161 e. The number of hydrogen-bond acceptors (Lipinski definition) is 3. The minimum atomic E-state index is -0.280. The number of nitrogens with one attached hydrogen (secondary N) is 1. The molecule has 0 radical (unpaired) electrons. The molecule has 0 heterocycles. The summed E-state index contributed by atoms with van der Waals surface area (Å²) in [6, 6.07) is 19.9. The van der Waals surface area contributed by atoms with E-state index in [0.29, 0.717) is 35.2 Å². The molecule has 0 unspecified atom stereocenters. The standard InChI is InChI=1S/C22H21ClFNO2/c1-2-26-22-12-16(14-25-19-8-5-7-18(23)13-19)10-11-21(22)27-15-17-6-3-4-9-20(17)24/h3-13,25H,2,14-15H2,1H3. The van der Waals surface area contributed by atoms with Crippen LogP contribution in [0.1, 0.15) is 18.1 Å². The van der Waals surface area contributed by atoms with Crippen molar-refractivity contribution in [1.82, 2.24) is 0 Å². The van der Waals surface area contributed by atoms with Crippen LogP contribution in [0.15, 0.2) is 66.7 Å². The fourth-order valence-corrected chi connectivity index (χ4v) is 2.81. The lowest BCUT2D eigenvalue weighted by Gasteiger charge is -2.14. The number of benzene rings is 3. The summed E-state index contributed by atoms with van der Waals surface area (Å²) >= 11 is 6.01. The van der Waals surface area contributed by atoms with Crippen LogP contribution in [0.2, 0.25) is 5.02 Å². The maximum absolute atomic E-state index is 13.8. The molecule has 0 aliphatic rings. The second-order valence-electron chi connectivity index (χ2n) is 5.96. The third-order valence-corrected chi connectivity index (χ3v) is 4.21. The van der Waals surface area contributed by atoms with Crippen molar-refractivity contribution in [1.29, 1.82) is 0 Å². The van der Waals surface area contributed by atoms with Crippen molar-refractivity contribution in [3.05, 3.63) is 88.7 Å². The third kappa shape index (κ3) is 5.38. The molecular formula is C22H21ClFNO2. The van der Waals surface area contributed by atoms with E-state index in [1.807, 2.05) is 49.4 Å². The van der Waals surface area contributed by atoms with Crippen molar-refractivity contribution in [2.75, 3.05) is 11.9 Å². The van der Waals surface area contributed by atoms with E-state index >= 15 is 0 Å². The molecule has 3 aromatic rings. The van der Waals surface area contributed by atoms with Gasteiger partial charge in [-0.05, 0) is 48.9 Å². The van der Waals surface area contributed by atoms with E-state index < -0.39 is 0 Å². The first-order chi connectivity index (χ1) is 13.2. The van der Waals surface area contributed by atoms with Gasteiger partial charge in [0.05, 0.1) is 6.61 Å². The zero-order valence-electron chi connectivity index (χ0n) is 15.0. The topological polar surface area (TPSA) is 30.5 Å². The molecule has 0 aromatic heterocycles. The van der Waals surface area contributed by atoms with Gasteiger partial charge in [-0.25, -0.2) is 4.39 Å². The average molecular weight is 386 g/mol. The maximum atomic E-state index is 13.8. The highest BCUT2D eigenvalue weighted by molar-refractivity contribution is 6.30. The molecule has 0 fully saturated rings. The zero-order valence-corrected chi connectivity index (χ0v) is 15.8. The van der Waals surface area contributed by atoms with Crippen LogP contribution in [-0.2, 0) is 13.2 Å². The molecular weight excluding hydrogens is 365 g/mol. The molecule has 0 aliphatic heterocycles. The summed E-state index contributed by atoms with van der Waals surface area (Å²) in [7, 11) is 0. The fourth-order valence-electron chi connectivity index (χ4n) is 2.62. The van der Waals surface area contributed by atoms with Gasteiger partial charge in [-0.1, -0.05) is 41.9 Å². The van der Waals surface area contributed by atoms with Crippen LogP contribution in [-0.4, -0.2) is 6.61 Å². The number of rotatable bonds is 8. The number of hydrogen-bond donors (Lipinski definition) is 1. The molecule has 0 amide bonds. The van der Waals surface area contributed by atoms with Crippen LogP contribution in [0.25, 0.3) is 0 Å². The summed E-state index contributed by atoms with van der Waals surface area (Å²) < 4.78 is 25.3. The third-order valence-electron chi connectivity index (χ3n) is 3.97. The second kappa shape index (κ2) is 9.28. The molecule has 140 valence electrons. The van der Waals surface area contributed by atoms with Crippen LogP contribution < -0.4 is 14.8 Å². The first kappa shape index (κ1) is 19.1. The zero-order chi connectivity index (χ0) is 19.1. The highest BCUT2D eigenvalue weighted by Crippen LogP contribution is 2.30. The Morgan fingerprint density at radius 2 is 1.78 bits per heavy atom. The molecule has 5 heteroatoms. The summed E-state index contributed by atoms with van der Waals surface area (Å²) in [4.78, 5) is 0. The molecule has 0 atom stereocenters. The summed E-state index contributed by atoms with van der Waals surface area (Å²) in [6.45, 7) is 3.19. The minimum absolute atomic E-state index is 0.146. The van der Waals surface area contributed by atoms with Crippen molar-refractivity contribution in [2.45, 2.75) is 20.1 Å². The van der Waals surface area contributed by atoms with Crippen LogP contribution in [0.5, 0.6) is 11.5 Å². The van der Waals surface area contributed by atoms with E-state index in [1.54, 1.807) is 18.2 Å². The molecule has 3 nitrogen and oxygen atoms in total. The Morgan fingerprint density at radius 1 is 0.926 bits per heavy atom. The van der Waals surface area contributed by atoms with E-state index in [4.69, 9.17) is 21.1 Å². The molecule has 27 heavy (non-hydrogen) atoms. The summed E-state index contributed by atoms with van der Waals surface area (Å²) in [5, 5.41) is 4.01. The monoisotopic (exact) mass is 385 g/mol. The Labute approximate surface area is 163 Å². The van der Waals surface area contributed by atoms with Gasteiger partial charge in [-0.15, -0.1) is 0 Å². The largest absolute Gasteiger partial charge is 0.490 e. The van der Waals surface area contributed by atoms with Gasteiger partial charge in [0.1, 0.15) is 12.4 Å². The predicted octanol–water partition coefficient (Wildman–Crippen LogP) is 6.07. The summed E-state index contributed by atoms with van der Waals surface area (Å²) in [5.41, 5.74) is 2.49. The van der Waals surface area contributed by atoms with Gasteiger partial charge in [0.25, 0.3) is 0 Å². The average Bonchev–Trinajstić information content (AvgIpc) is 2.67. The Hall–Kier alpha value is -2.72. The first-order valence-corrected chi connectivity index (χ1v) is 9.15. The lowest BCUT2D eigenvalue weighted by atomic mass is 10.2. The molecule has 0 spiro atoms. The molecule has 3 rings (SSSR count). The van der Waals surface area contributed by atoms with Gasteiger partial charge in [-0.3, -0.25) is 0 Å². The van der Waals surface area contributed by atoms with E-state index in [2.05, 4.69) is 5.32 Å². The lowest BCUT2D eigenvalue weighted by Crippen LogP contribution is -2.03. The fraction of sp³-hybridized carbons (Fsp3) is 0.182. The van der Waals surface area contributed by atoms with Crippen molar-refractivity contribution >= 4 is 17.3 Å². The highest BCUT2D eigenvalue weighted by Gasteiger charge is 2.09. The van der Waals surface area contributed by atoms with Gasteiger partial charge >= 0.3 is 0 Å². The van der Waals surface area contributed by atoms with Gasteiger partial charge in [0.15, 0.2) is 11.5 Å². The van der Waals surface area contributed by atoms with Crippen LogP contribution in [0, 0.1) is 5.82 Å². The van der Waals surface area contributed by atoms with Gasteiger partial charge < -0.3 is 14.8 Å². The Kier molecular flexibility index (Phi) is 6.55. The number of anilines is 1. The van der Waals surface area contributed by atoms with E-state index in [-0.39, 0.29) is 12.4 Å². The van der Waals surface area contributed by atoms with E-state index in [9.17, 15) is 4.39 Å².